The SMILES string of the molecule is COc1ccc2nccc([C@@H](F)CCC3CCN(CCSc4cccs4)CC3CCC(=O)O)c2c1. The van der Waals surface area contributed by atoms with Crippen molar-refractivity contribution in [3.05, 3.63) is 53.5 Å². The number of benzene rings is 1. The molecule has 1 saturated heterocycles. The number of rotatable bonds is 12. The summed E-state index contributed by atoms with van der Waals surface area (Å²) in [6.45, 7) is 2.89. The summed E-state index contributed by atoms with van der Waals surface area (Å²) in [6, 6.07) is 11.5. The van der Waals surface area contributed by atoms with Gasteiger partial charge in [-0.25, -0.2) is 4.39 Å². The van der Waals surface area contributed by atoms with E-state index in [1.54, 1.807) is 30.7 Å². The second-order valence-corrected chi connectivity index (χ2v) is 11.5. The number of thioether (sulfide) groups is 1. The number of halogens is 1. The van der Waals surface area contributed by atoms with Crippen molar-refractivity contribution in [3.63, 3.8) is 0 Å². The summed E-state index contributed by atoms with van der Waals surface area (Å²) in [5.74, 6) is 1.60. The van der Waals surface area contributed by atoms with Crippen LogP contribution in [-0.4, -0.2) is 53.5 Å². The number of fused-ring (bicyclic) bond motifs is 1. The summed E-state index contributed by atoms with van der Waals surface area (Å²) < 4.78 is 22.2. The summed E-state index contributed by atoms with van der Waals surface area (Å²) in [5.41, 5.74) is 1.41. The van der Waals surface area contributed by atoms with E-state index in [9.17, 15) is 9.90 Å². The predicted molar refractivity (Wildman–Crippen MR) is 141 cm³/mol. The molecule has 1 aromatic carbocycles. The lowest BCUT2D eigenvalue weighted by Crippen LogP contribution is -2.41. The Bertz CT molecular complexity index is 1100. The van der Waals surface area contributed by atoms with Gasteiger partial charge in [-0.2, -0.15) is 0 Å². The quantitative estimate of drug-likeness (QED) is 0.271. The van der Waals surface area contributed by atoms with Crippen LogP contribution < -0.4 is 4.74 Å². The molecule has 1 N–H and O–H groups in total. The van der Waals surface area contributed by atoms with Crippen LogP contribution in [-0.2, 0) is 4.79 Å². The minimum Gasteiger partial charge on any atom is -0.497 e. The molecule has 0 bridgehead atoms. The fourth-order valence-corrected chi connectivity index (χ4v) is 6.92. The number of aliphatic carboxylic acids is 1. The molecule has 8 heteroatoms. The maximum absolute atomic E-state index is 15.5. The Labute approximate surface area is 214 Å². The van der Waals surface area contributed by atoms with E-state index >= 15 is 4.39 Å². The maximum atomic E-state index is 15.5. The van der Waals surface area contributed by atoms with Crippen molar-refractivity contribution < 1.29 is 19.0 Å². The molecule has 3 heterocycles. The number of hydrogen-bond donors (Lipinski definition) is 1. The highest BCUT2D eigenvalue weighted by molar-refractivity contribution is 8.01. The molecule has 3 aromatic rings. The highest BCUT2D eigenvalue weighted by Crippen LogP contribution is 2.37. The number of alkyl halides is 1. The second-order valence-electron chi connectivity index (χ2n) is 9.15. The zero-order valence-corrected chi connectivity index (χ0v) is 21.7. The molecule has 1 fully saturated rings. The Morgan fingerprint density at radius 1 is 1.31 bits per heavy atom. The number of methoxy groups -OCH3 is 1. The van der Waals surface area contributed by atoms with Gasteiger partial charge in [-0.15, -0.1) is 23.1 Å². The molecule has 35 heavy (non-hydrogen) atoms. The zero-order valence-electron chi connectivity index (χ0n) is 20.1. The van der Waals surface area contributed by atoms with Crippen LogP contribution in [0.2, 0.25) is 0 Å². The Morgan fingerprint density at radius 2 is 2.20 bits per heavy atom. The predicted octanol–water partition coefficient (Wildman–Crippen LogP) is 6.69. The molecule has 2 aromatic heterocycles. The summed E-state index contributed by atoms with van der Waals surface area (Å²) in [4.78, 5) is 18.1. The first kappa shape index (κ1) is 25.9. The van der Waals surface area contributed by atoms with Crippen LogP contribution in [0.4, 0.5) is 4.39 Å². The molecule has 1 aliphatic rings. The second kappa shape index (κ2) is 12.7. The number of hydrogen-bond acceptors (Lipinski definition) is 6. The lowest BCUT2D eigenvalue weighted by molar-refractivity contribution is -0.137. The first-order chi connectivity index (χ1) is 17.0. The molecule has 0 aliphatic carbocycles. The molecule has 3 atom stereocenters. The Balaban J connectivity index is 1.36. The van der Waals surface area contributed by atoms with Gasteiger partial charge in [0, 0.05) is 36.8 Å². The largest absolute Gasteiger partial charge is 0.497 e. The number of nitrogens with zero attached hydrogens (tertiary/aromatic N) is 2. The number of aromatic nitrogens is 1. The van der Waals surface area contributed by atoms with E-state index < -0.39 is 12.1 Å². The lowest BCUT2D eigenvalue weighted by Gasteiger charge is -2.39. The van der Waals surface area contributed by atoms with Crippen LogP contribution in [0.3, 0.4) is 0 Å². The van der Waals surface area contributed by atoms with E-state index in [1.807, 2.05) is 30.0 Å². The van der Waals surface area contributed by atoms with Crippen molar-refractivity contribution in [3.8, 4) is 5.75 Å². The third-order valence-corrected chi connectivity index (χ3v) is 9.07. The van der Waals surface area contributed by atoms with Crippen molar-refractivity contribution in [2.75, 3.05) is 32.5 Å². The molecular weight excluding hydrogens is 483 g/mol. The van der Waals surface area contributed by atoms with Crippen LogP contribution in [0.25, 0.3) is 10.9 Å². The van der Waals surface area contributed by atoms with E-state index in [2.05, 4.69) is 27.4 Å². The van der Waals surface area contributed by atoms with Crippen molar-refractivity contribution in [2.24, 2.45) is 11.8 Å². The Morgan fingerprint density at radius 3 is 2.97 bits per heavy atom. The number of thiophene rings is 1. The molecule has 0 spiro atoms. The van der Waals surface area contributed by atoms with Crippen LogP contribution >= 0.6 is 23.1 Å². The highest BCUT2D eigenvalue weighted by atomic mass is 32.2. The van der Waals surface area contributed by atoms with Crippen LogP contribution in [0.1, 0.15) is 43.8 Å². The van der Waals surface area contributed by atoms with E-state index in [-0.39, 0.29) is 12.3 Å². The van der Waals surface area contributed by atoms with Gasteiger partial charge in [0.1, 0.15) is 11.9 Å². The van der Waals surface area contributed by atoms with Gasteiger partial charge in [-0.05, 0) is 85.3 Å². The number of ether oxygens (including phenoxy) is 1. The topological polar surface area (TPSA) is 62.7 Å². The maximum Gasteiger partial charge on any atom is 0.303 e. The molecule has 2 unspecified atom stereocenters. The number of carboxylic acid groups (broad SMARTS) is 1. The van der Waals surface area contributed by atoms with Crippen LogP contribution in [0.15, 0.2) is 52.2 Å². The fourth-order valence-electron chi connectivity index (χ4n) is 5.06. The molecule has 188 valence electrons. The average molecular weight is 517 g/mol. The van der Waals surface area contributed by atoms with E-state index in [0.717, 1.165) is 49.1 Å². The average Bonchev–Trinajstić information content (AvgIpc) is 3.39. The summed E-state index contributed by atoms with van der Waals surface area (Å²) in [5, 5.41) is 12.1. The van der Waals surface area contributed by atoms with Gasteiger partial charge in [0.25, 0.3) is 0 Å². The third-order valence-electron chi connectivity index (χ3n) is 6.96. The van der Waals surface area contributed by atoms with Crippen molar-refractivity contribution in [1.29, 1.82) is 0 Å². The van der Waals surface area contributed by atoms with Gasteiger partial charge in [0.15, 0.2) is 0 Å². The van der Waals surface area contributed by atoms with Gasteiger partial charge < -0.3 is 14.7 Å². The summed E-state index contributed by atoms with van der Waals surface area (Å²) >= 11 is 3.64. The van der Waals surface area contributed by atoms with Crippen LogP contribution in [0, 0.1) is 11.8 Å². The lowest BCUT2D eigenvalue weighted by atomic mass is 9.79. The van der Waals surface area contributed by atoms with Crippen molar-refractivity contribution in [1.82, 2.24) is 9.88 Å². The first-order valence-electron chi connectivity index (χ1n) is 12.2. The van der Waals surface area contributed by atoms with Crippen molar-refractivity contribution >= 4 is 40.0 Å². The Kier molecular flexibility index (Phi) is 9.40. The number of likely N-dealkylation sites (tertiary alicyclic amines) is 1. The third kappa shape index (κ3) is 7.18. The standard InChI is InChI=1S/C27H33FN2O3S2/c1-33-21-6-8-25-23(17-21)22(10-12-29-25)24(28)7-4-19-11-13-30(18-20(19)5-9-26(31)32)14-16-35-27-3-2-15-34-27/h2-3,6,8,10,12,15,17,19-20,24H,4-5,7,9,11,13-14,16,18H2,1H3,(H,31,32)/t19?,20?,24-/m0/s1. The molecule has 0 radical (unpaired) electrons. The number of pyridine rings is 1. The molecule has 0 saturated carbocycles. The van der Waals surface area contributed by atoms with Crippen LogP contribution in [0.5, 0.6) is 5.75 Å². The number of piperidine rings is 1. The fraction of sp³-hybridized carbons (Fsp3) is 0.481. The highest BCUT2D eigenvalue weighted by Gasteiger charge is 2.30. The molecular formula is C27H33FN2O3S2. The molecule has 4 rings (SSSR count). The zero-order chi connectivity index (χ0) is 24.6. The van der Waals surface area contributed by atoms with Gasteiger partial charge in [0.2, 0.25) is 0 Å². The molecule has 0 amide bonds. The van der Waals surface area contributed by atoms with Gasteiger partial charge in [-0.3, -0.25) is 9.78 Å². The number of carbonyl (C=O) groups is 1. The van der Waals surface area contributed by atoms with E-state index in [4.69, 9.17) is 4.74 Å². The molecule has 1 aliphatic heterocycles. The Hall–Kier alpha value is -2.16. The normalized spacial score (nSPS) is 19.6. The van der Waals surface area contributed by atoms with Gasteiger partial charge in [0.05, 0.1) is 16.8 Å². The summed E-state index contributed by atoms with van der Waals surface area (Å²) in [7, 11) is 1.61. The smallest absolute Gasteiger partial charge is 0.303 e. The minimum absolute atomic E-state index is 0.173. The van der Waals surface area contributed by atoms with E-state index in [1.165, 1.54) is 4.21 Å². The monoisotopic (exact) mass is 516 g/mol. The first-order valence-corrected chi connectivity index (χ1v) is 14.1. The van der Waals surface area contributed by atoms with Gasteiger partial charge in [-0.1, -0.05) is 6.07 Å². The summed E-state index contributed by atoms with van der Waals surface area (Å²) in [6.07, 6.45) is 3.58. The van der Waals surface area contributed by atoms with Crippen molar-refractivity contribution in [2.45, 2.75) is 42.5 Å². The van der Waals surface area contributed by atoms with E-state index in [0.29, 0.717) is 30.1 Å². The minimum atomic E-state index is -1.09. The molecule has 5 nitrogen and oxygen atoms in total. The van der Waals surface area contributed by atoms with Gasteiger partial charge >= 0.3 is 5.97 Å². The number of carboxylic acids is 1.